The number of alkyl halides is 3. The van der Waals surface area contributed by atoms with Gasteiger partial charge in [-0.1, -0.05) is 6.07 Å². The Kier molecular flexibility index (Phi) is 6.10. The molecule has 3 aromatic heterocycles. The molecule has 1 aliphatic rings. The second-order valence-electron chi connectivity index (χ2n) is 8.30. The zero-order chi connectivity index (χ0) is 24.7. The number of rotatable bonds is 7. The summed E-state index contributed by atoms with van der Waals surface area (Å²) in [6.07, 6.45) is -2.00. The Bertz CT molecular complexity index is 1320. The second kappa shape index (κ2) is 8.62. The fourth-order valence-corrected chi connectivity index (χ4v) is 5.43. The van der Waals surface area contributed by atoms with Crippen molar-refractivity contribution in [3.63, 3.8) is 0 Å². The smallest absolute Gasteiger partial charge is 0.310 e. The van der Waals surface area contributed by atoms with Gasteiger partial charge in [0.05, 0.1) is 22.1 Å². The molecule has 13 heteroatoms. The van der Waals surface area contributed by atoms with Crippen LogP contribution in [0, 0.1) is 0 Å². The van der Waals surface area contributed by atoms with Crippen LogP contribution in [-0.2, 0) is 26.4 Å². The minimum Gasteiger partial charge on any atom is -0.310 e. The second-order valence-corrected chi connectivity index (χ2v) is 11.1. The first-order valence-corrected chi connectivity index (χ1v) is 12.6. The first-order chi connectivity index (χ1) is 15.9. The van der Waals surface area contributed by atoms with Gasteiger partial charge in [-0.25, -0.2) is 23.4 Å². The maximum atomic E-state index is 12.9. The van der Waals surface area contributed by atoms with Gasteiger partial charge in [0.1, 0.15) is 11.5 Å². The summed E-state index contributed by atoms with van der Waals surface area (Å²) in [5, 5.41) is 4.07. The summed E-state index contributed by atoms with van der Waals surface area (Å²) in [5.74, 6) is -0.245. The molecule has 4 rings (SSSR count). The molecule has 1 amide bonds. The molecule has 0 aromatic carbocycles. The van der Waals surface area contributed by atoms with Crippen molar-refractivity contribution < 1.29 is 26.4 Å². The van der Waals surface area contributed by atoms with Gasteiger partial charge in [0.2, 0.25) is 15.9 Å². The lowest BCUT2D eigenvalue weighted by Gasteiger charge is -2.21. The lowest BCUT2D eigenvalue weighted by Crippen LogP contribution is -2.35. The van der Waals surface area contributed by atoms with Crippen LogP contribution in [-0.4, -0.2) is 34.5 Å². The van der Waals surface area contributed by atoms with Crippen molar-refractivity contribution in [3.05, 3.63) is 53.3 Å². The molecule has 8 nitrogen and oxygen atoms in total. The number of hydrogen-bond donors (Lipinski definition) is 2. The fourth-order valence-electron chi connectivity index (χ4n) is 2.95. The number of amides is 1. The number of halogens is 3. The largest absolute Gasteiger partial charge is 0.433 e. The van der Waals surface area contributed by atoms with Crippen LogP contribution in [0.25, 0.3) is 11.3 Å². The van der Waals surface area contributed by atoms with Crippen molar-refractivity contribution in [1.29, 1.82) is 0 Å². The van der Waals surface area contributed by atoms with E-state index in [1.54, 1.807) is 19.2 Å². The summed E-state index contributed by atoms with van der Waals surface area (Å²) in [6, 6.07) is 6.54. The van der Waals surface area contributed by atoms with Gasteiger partial charge in [-0.3, -0.25) is 9.52 Å². The predicted octanol–water partition coefficient (Wildman–Crippen LogP) is 4.44. The number of nitrogens with zero attached hydrogens (tertiary/aromatic N) is 3. The van der Waals surface area contributed by atoms with Crippen LogP contribution in [0.4, 0.5) is 24.1 Å². The first kappa shape index (κ1) is 24.1. The standard InChI is InChI=1S/C21H20F3N5O3S2/c1-20(2,16-11-33-19(27-16)29-34(31,32)13-7-8-13)18(30)28-17-9-6-12(10-25-17)14-4-3-5-15(26-14)21(22,23)24/h3-6,9-11,13H,7-8H2,1-2H3,(H,27,29)(H,25,28,30). The molecule has 0 saturated heterocycles. The number of aromatic nitrogens is 3. The van der Waals surface area contributed by atoms with Gasteiger partial charge in [-0.15, -0.1) is 11.3 Å². The quantitative estimate of drug-likeness (QED) is 0.485. The van der Waals surface area contributed by atoms with E-state index >= 15 is 0 Å². The van der Waals surface area contributed by atoms with Crippen LogP contribution < -0.4 is 10.0 Å². The Balaban J connectivity index is 1.45. The van der Waals surface area contributed by atoms with E-state index in [1.165, 1.54) is 30.5 Å². The number of hydrogen-bond acceptors (Lipinski definition) is 7. The van der Waals surface area contributed by atoms with E-state index in [0.717, 1.165) is 17.4 Å². The molecule has 0 aliphatic heterocycles. The average Bonchev–Trinajstić information content (AvgIpc) is 3.54. The third-order valence-electron chi connectivity index (χ3n) is 5.25. The number of sulfonamides is 1. The Morgan fingerprint density at radius 1 is 1.09 bits per heavy atom. The number of pyridine rings is 2. The van der Waals surface area contributed by atoms with Crippen molar-refractivity contribution in [1.82, 2.24) is 15.0 Å². The van der Waals surface area contributed by atoms with Crippen LogP contribution in [0.15, 0.2) is 41.9 Å². The zero-order valence-electron chi connectivity index (χ0n) is 18.0. The number of nitrogens with one attached hydrogen (secondary N) is 2. The van der Waals surface area contributed by atoms with Crippen LogP contribution in [0.5, 0.6) is 0 Å². The van der Waals surface area contributed by atoms with Crippen molar-refractivity contribution in [2.45, 2.75) is 43.5 Å². The highest BCUT2D eigenvalue weighted by atomic mass is 32.2. The third-order valence-corrected chi connectivity index (χ3v) is 7.96. The van der Waals surface area contributed by atoms with E-state index in [2.05, 4.69) is 25.0 Å². The van der Waals surface area contributed by atoms with Crippen LogP contribution in [0.3, 0.4) is 0 Å². The molecule has 34 heavy (non-hydrogen) atoms. The summed E-state index contributed by atoms with van der Waals surface area (Å²) < 4.78 is 65.4. The molecule has 0 bridgehead atoms. The first-order valence-electron chi connectivity index (χ1n) is 10.2. The van der Waals surface area contributed by atoms with Gasteiger partial charge < -0.3 is 5.32 Å². The van der Waals surface area contributed by atoms with Gasteiger partial charge in [-0.2, -0.15) is 13.2 Å². The molecule has 0 atom stereocenters. The molecular formula is C21H20F3N5O3S2. The molecular weight excluding hydrogens is 491 g/mol. The van der Waals surface area contributed by atoms with E-state index in [9.17, 15) is 26.4 Å². The Morgan fingerprint density at radius 2 is 1.82 bits per heavy atom. The Hall–Kier alpha value is -3.06. The SMILES string of the molecule is CC(C)(C(=O)Nc1ccc(-c2cccc(C(F)(F)F)n2)cn1)c1csc(NS(=O)(=O)C2CC2)n1. The predicted molar refractivity (Wildman–Crippen MR) is 122 cm³/mol. The average molecular weight is 512 g/mol. The number of thiazole rings is 1. The summed E-state index contributed by atoms with van der Waals surface area (Å²) in [7, 11) is -3.46. The molecule has 3 aromatic rings. The highest BCUT2D eigenvalue weighted by Crippen LogP contribution is 2.33. The van der Waals surface area contributed by atoms with Crippen LogP contribution in [0.1, 0.15) is 38.1 Å². The summed E-state index contributed by atoms with van der Waals surface area (Å²) in [6.45, 7) is 3.27. The highest BCUT2D eigenvalue weighted by molar-refractivity contribution is 7.93. The van der Waals surface area contributed by atoms with Crippen molar-refractivity contribution in [2.24, 2.45) is 0 Å². The molecule has 2 N–H and O–H groups in total. The Morgan fingerprint density at radius 3 is 2.44 bits per heavy atom. The summed E-state index contributed by atoms with van der Waals surface area (Å²) >= 11 is 1.09. The van der Waals surface area contributed by atoms with Gasteiger partial charge in [0, 0.05) is 17.1 Å². The van der Waals surface area contributed by atoms with Gasteiger partial charge in [-0.05, 0) is 51.0 Å². The summed E-state index contributed by atoms with van der Waals surface area (Å²) in [5.41, 5.74) is -1.28. The molecule has 0 radical (unpaired) electrons. The lowest BCUT2D eigenvalue weighted by atomic mass is 9.89. The maximum Gasteiger partial charge on any atom is 0.433 e. The number of anilines is 2. The zero-order valence-corrected chi connectivity index (χ0v) is 19.7. The summed E-state index contributed by atoms with van der Waals surface area (Å²) in [4.78, 5) is 24.9. The lowest BCUT2D eigenvalue weighted by molar-refractivity contribution is -0.141. The number of carbonyl (C=O) groups is 1. The third kappa shape index (κ3) is 5.20. The maximum absolute atomic E-state index is 12.9. The minimum absolute atomic E-state index is 0.101. The molecule has 0 spiro atoms. The normalized spacial score (nSPS) is 14.6. The molecule has 3 heterocycles. The highest BCUT2D eigenvalue weighted by Gasteiger charge is 2.37. The van der Waals surface area contributed by atoms with Gasteiger partial charge in [0.25, 0.3) is 0 Å². The van der Waals surface area contributed by atoms with E-state index in [1.807, 2.05) is 0 Å². The van der Waals surface area contributed by atoms with Crippen LogP contribution >= 0.6 is 11.3 Å². The van der Waals surface area contributed by atoms with Gasteiger partial charge in [0.15, 0.2) is 5.13 Å². The minimum atomic E-state index is -4.56. The van der Waals surface area contributed by atoms with E-state index in [-0.39, 0.29) is 16.6 Å². The Labute approximate surface area is 197 Å². The topological polar surface area (TPSA) is 114 Å². The fraction of sp³-hybridized carbons (Fsp3) is 0.333. The molecule has 1 fully saturated rings. The van der Waals surface area contributed by atoms with Crippen molar-refractivity contribution in [2.75, 3.05) is 10.0 Å². The van der Waals surface area contributed by atoms with E-state index < -0.39 is 38.5 Å². The molecule has 180 valence electrons. The number of carbonyl (C=O) groups excluding carboxylic acids is 1. The van der Waals surface area contributed by atoms with Gasteiger partial charge >= 0.3 is 6.18 Å². The van der Waals surface area contributed by atoms with Crippen LogP contribution in [0.2, 0.25) is 0 Å². The van der Waals surface area contributed by atoms with Crippen molar-refractivity contribution in [3.8, 4) is 11.3 Å². The molecule has 1 aliphatic carbocycles. The monoisotopic (exact) mass is 511 g/mol. The molecule has 1 saturated carbocycles. The van der Waals surface area contributed by atoms with E-state index in [0.29, 0.717) is 24.1 Å². The molecule has 0 unspecified atom stereocenters. The van der Waals surface area contributed by atoms with E-state index in [4.69, 9.17) is 0 Å². The van der Waals surface area contributed by atoms with Crippen molar-refractivity contribution >= 4 is 38.2 Å².